The molecule has 0 unspecified atom stereocenters. The van der Waals surface area contributed by atoms with Gasteiger partial charge in [-0.05, 0) is 79.1 Å². The van der Waals surface area contributed by atoms with Crippen LogP contribution < -0.4 is 5.32 Å². The van der Waals surface area contributed by atoms with Gasteiger partial charge in [0.25, 0.3) is 5.91 Å². The number of Topliss-reactive ketones (excluding diaryl/α,β-unsaturated/α-hetero) is 1. The predicted molar refractivity (Wildman–Crippen MR) is 133 cm³/mol. The van der Waals surface area contributed by atoms with E-state index < -0.39 is 0 Å². The van der Waals surface area contributed by atoms with Gasteiger partial charge in [-0.25, -0.2) is 4.98 Å². The van der Waals surface area contributed by atoms with Crippen LogP contribution in [0, 0.1) is 31.1 Å². The molecule has 0 saturated heterocycles. The van der Waals surface area contributed by atoms with Crippen molar-refractivity contribution in [1.29, 1.82) is 5.26 Å². The van der Waals surface area contributed by atoms with Crippen LogP contribution in [0.4, 0.5) is 0 Å². The van der Waals surface area contributed by atoms with Crippen molar-refractivity contribution in [1.82, 2.24) is 10.3 Å². The van der Waals surface area contributed by atoms with Crippen LogP contribution >= 0.6 is 0 Å². The first-order valence-corrected chi connectivity index (χ1v) is 11.4. The molecular weight excluding hydrogens is 422 g/mol. The number of hydrogen-bond acceptors (Lipinski definition) is 4. The standard InChI is InChI=1S/C29H27N3O2/c1-4-23-15-26(28(33)14-20-5-7-21(16-30)8-6-20)25(13-18(23)2)24-11-12-27(32-19(24)3)29(34)31-17-22-9-10-22/h4-8,11-13,15,22H,1,9-10,14,17H2,2-3H3,(H,31,34). The molecule has 2 aromatic carbocycles. The lowest BCUT2D eigenvalue weighted by molar-refractivity contribution is 0.0945. The summed E-state index contributed by atoms with van der Waals surface area (Å²) >= 11 is 0. The minimum Gasteiger partial charge on any atom is -0.350 e. The largest absolute Gasteiger partial charge is 0.350 e. The summed E-state index contributed by atoms with van der Waals surface area (Å²) in [6.07, 6.45) is 4.30. The van der Waals surface area contributed by atoms with Gasteiger partial charge in [-0.3, -0.25) is 9.59 Å². The number of nitriles is 1. The van der Waals surface area contributed by atoms with Crippen molar-refractivity contribution in [3.8, 4) is 17.2 Å². The van der Waals surface area contributed by atoms with Crippen LogP contribution in [0.15, 0.2) is 55.1 Å². The van der Waals surface area contributed by atoms with Crippen LogP contribution in [0.5, 0.6) is 0 Å². The third-order valence-electron chi connectivity index (χ3n) is 6.23. The minimum absolute atomic E-state index is 0.0338. The first-order chi connectivity index (χ1) is 16.4. The van der Waals surface area contributed by atoms with Crippen LogP contribution in [0.3, 0.4) is 0 Å². The van der Waals surface area contributed by atoms with E-state index in [0.29, 0.717) is 35.0 Å². The fourth-order valence-electron chi connectivity index (χ4n) is 4.00. The minimum atomic E-state index is -0.170. The first kappa shape index (κ1) is 23.1. The van der Waals surface area contributed by atoms with Crippen LogP contribution in [-0.4, -0.2) is 23.2 Å². The first-order valence-electron chi connectivity index (χ1n) is 11.4. The molecule has 1 aromatic heterocycles. The van der Waals surface area contributed by atoms with Gasteiger partial charge in [0.15, 0.2) is 5.78 Å². The fraction of sp³-hybridized carbons (Fsp3) is 0.241. The highest BCUT2D eigenvalue weighted by molar-refractivity contribution is 6.04. The van der Waals surface area contributed by atoms with Gasteiger partial charge in [-0.15, -0.1) is 0 Å². The molecule has 0 atom stereocenters. The molecule has 170 valence electrons. The number of nitrogens with zero attached hydrogens (tertiary/aromatic N) is 2. The van der Waals surface area contributed by atoms with E-state index in [1.807, 2.05) is 32.0 Å². The van der Waals surface area contributed by atoms with Crippen LogP contribution in [0.25, 0.3) is 17.2 Å². The lowest BCUT2D eigenvalue weighted by Gasteiger charge is -2.15. The molecular formula is C29H27N3O2. The van der Waals surface area contributed by atoms with Gasteiger partial charge < -0.3 is 5.32 Å². The molecule has 4 rings (SSSR count). The zero-order valence-electron chi connectivity index (χ0n) is 19.5. The molecule has 1 aliphatic rings. The number of nitrogens with one attached hydrogen (secondary N) is 1. The Kier molecular flexibility index (Phi) is 6.70. The van der Waals surface area contributed by atoms with Gasteiger partial charge in [0.1, 0.15) is 5.69 Å². The summed E-state index contributed by atoms with van der Waals surface area (Å²) in [5.41, 5.74) is 6.57. The molecule has 0 spiro atoms. The Morgan fingerprint density at radius 2 is 1.85 bits per heavy atom. The smallest absolute Gasteiger partial charge is 0.269 e. The zero-order chi connectivity index (χ0) is 24.2. The van der Waals surface area contributed by atoms with Crippen molar-refractivity contribution in [2.75, 3.05) is 6.54 Å². The molecule has 3 aromatic rings. The third-order valence-corrected chi connectivity index (χ3v) is 6.23. The molecule has 1 amide bonds. The van der Waals surface area contributed by atoms with Gasteiger partial charge in [0, 0.05) is 29.8 Å². The molecule has 1 heterocycles. The summed E-state index contributed by atoms with van der Waals surface area (Å²) in [6, 6.07) is 16.6. The molecule has 1 aliphatic carbocycles. The Morgan fingerprint density at radius 1 is 1.12 bits per heavy atom. The van der Waals surface area contributed by atoms with Crippen LogP contribution in [0.2, 0.25) is 0 Å². The number of aryl methyl sites for hydroxylation is 2. The van der Waals surface area contributed by atoms with Crippen molar-refractivity contribution in [3.05, 3.63) is 94.3 Å². The summed E-state index contributed by atoms with van der Waals surface area (Å²) in [4.78, 5) is 30.4. The molecule has 1 fully saturated rings. The van der Waals surface area contributed by atoms with E-state index in [1.165, 1.54) is 12.8 Å². The second kappa shape index (κ2) is 9.84. The summed E-state index contributed by atoms with van der Waals surface area (Å²) in [5, 5.41) is 12.0. The van der Waals surface area contributed by atoms with Crippen LogP contribution in [0.1, 0.15) is 61.6 Å². The van der Waals surface area contributed by atoms with Crippen molar-refractivity contribution in [2.24, 2.45) is 5.92 Å². The Balaban J connectivity index is 1.67. The van der Waals surface area contributed by atoms with E-state index >= 15 is 0 Å². The molecule has 0 radical (unpaired) electrons. The Hall–Kier alpha value is -4.04. The summed E-state index contributed by atoms with van der Waals surface area (Å²) in [7, 11) is 0. The number of carbonyl (C=O) groups excluding carboxylic acids is 2. The van der Waals surface area contributed by atoms with Crippen LogP contribution in [-0.2, 0) is 6.42 Å². The molecule has 0 aliphatic heterocycles. The monoisotopic (exact) mass is 449 g/mol. The molecule has 34 heavy (non-hydrogen) atoms. The van der Waals surface area contributed by atoms with Crippen molar-refractivity contribution in [3.63, 3.8) is 0 Å². The number of benzene rings is 2. The number of hydrogen-bond donors (Lipinski definition) is 1. The van der Waals surface area contributed by atoms with E-state index in [9.17, 15) is 9.59 Å². The van der Waals surface area contributed by atoms with Crippen molar-refractivity contribution >= 4 is 17.8 Å². The maximum atomic E-state index is 13.4. The van der Waals surface area contributed by atoms with E-state index in [4.69, 9.17) is 5.26 Å². The average molecular weight is 450 g/mol. The van der Waals surface area contributed by atoms with Crippen molar-refractivity contribution < 1.29 is 9.59 Å². The maximum absolute atomic E-state index is 13.4. The van der Waals surface area contributed by atoms with Gasteiger partial charge in [-0.1, -0.05) is 36.9 Å². The van der Waals surface area contributed by atoms with Crippen molar-refractivity contribution in [2.45, 2.75) is 33.1 Å². The molecule has 1 saturated carbocycles. The second-order valence-electron chi connectivity index (χ2n) is 8.85. The topological polar surface area (TPSA) is 82.8 Å². The van der Waals surface area contributed by atoms with Gasteiger partial charge in [0.05, 0.1) is 11.6 Å². The lowest BCUT2D eigenvalue weighted by atomic mass is 9.89. The highest BCUT2D eigenvalue weighted by Crippen LogP contribution is 2.31. The molecule has 1 N–H and O–H groups in total. The fourth-order valence-corrected chi connectivity index (χ4v) is 4.00. The number of amides is 1. The summed E-state index contributed by atoms with van der Waals surface area (Å²) < 4.78 is 0. The van der Waals surface area contributed by atoms with E-state index in [2.05, 4.69) is 22.9 Å². The maximum Gasteiger partial charge on any atom is 0.269 e. The zero-order valence-corrected chi connectivity index (χ0v) is 19.5. The Labute approximate surface area is 200 Å². The Bertz CT molecular complexity index is 1310. The SMILES string of the molecule is C=Cc1cc(C(=O)Cc2ccc(C#N)cc2)c(-c2ccc(C(=O)NCC3CC3)nc2C)cc1C. The van der Waals surface area contributed by atoms with Gasteiger partial charge in [-0.2, -0.15) is 5.26 Å². The number of carbonyl (C=O) groups is 2. The number of aromatic nitrogens is 1. The Morgan fingerprint density at radius 3 is 2.47 bits per heavy atom. The number of pyridine rings is 1. The third kappa shape index (κ3) is 5.13. The molecule has 5 nitrogen and oxygen atoms in total. The highest BCUT2D eigenvalue weighted by atomic mass is 16.2. The van der Waals surface area contributed by atoms with E-state index in [1.54, 1.807) is 36.4 Å². The quantitative estimate of drug-likeness (QED) is 0.464. The average Bonchev–Trinajstić information content (AvgIpc) is 3.67. The molecule has 5 heteroatoms. The number of ketones is 1. The predicted octanol–water partition coefficient (Wildman–Crippen LogP) is 5.45. The van der Waals surface area contributed by atoms with E-state index in [0.717, 1.165) is 27.8 Å². The highest BCUT2D eigenvalue weighted by Gasteiger charge is 2.23. The number of rotatable bonds is 8. The summed E-state index contributed by atoms with van der Waals surface area (Å²) in [6.45, 7) is 8.42. The van der Waals surface area contributed by atoms with Gasteiger partial charge in [0.2, 0.25) is 0 Å². The van der Waals surface area contributed by atoms with Gasteiger partial charge >= 0.3 is 0 Å². The molecule has 0 bridgehead atoms. The van der Waals surface area contributed by atoms with E-state index in [-0.39, 0.29) is 18.1 Å². The summed E-state index contributed by atoms with van der Waals surface area (Å²) in [5.74, 6) is 0.394. The lowest BCUT2D eigenvalue weighted by Crippen LogP contribution is -2.26. The second-order valence-corrected chi connectivity index (χ2v) is 8.85. The normalized spacial score (nSPS) is 12.6.